The number of fused-ring (bicyclic) bond motifs is 1. The van der Waals surface area contributed by atoms with Crippen LogP contribution in [0.15, 0.2) is 57.5 Å². The number of halogens is 3. The Morgan fingerprint density at radius 2 is 1.87 bits per heavy atom. The van der Waals surface area contributed by atoms with Gasteiger partial charge >= 0.3 is 11.9 Å². The molecule has 8 nitrogen and oxygen atoms in total. The first-order chi connectivity index (χ1) is 18.7. The Labute approximate surface area is 251 Å². The molecule has 204 valence electrons. The molecule has 0 aliphatic carbocycles. The van der Waals surface area contributed by atoms with Gasteiger partial charge in [0.15, 0.2) is 11.4 Å². The van der Waals surface area contributed by atoms with Crippen LogP contribution in [0.1, 0.15) is 37.9 Å². The van der Waals surface area contributed by atoms with E-state index in [1.54, 1.807) is 63.2 Å². The second-order valence-electron chi connectivity index (χ2n) is 8.22. The van der Waals surface area contributed by atoms with Crippen molar-refractivity contribution in [3.05, 3.63) is 92.1 Å². The molecule has 1 aliphatic rings. The number of esters is 2. The normalized spacial score (nSPS) is 15.0. The van der Waals surface area contributed by atoms with Gasteiger partial charge in [0.2, 0.25) is 0 Å². The average molecular weight is 701 g/mol. The molecule has 2 heterocycles. The van der Waals surface area contributed by atoms with E-state index in [0.717, 1.165) is 11.3 Å². The Kier molecular flexibility index (Phi) is 9.52. The molecule has 12 heteroatoms. The number of carbonyl (C=O) groups excluding carboxylic acids is 2. The van der Waals surface area contributed by atoms with Gasteiger partial charge < -0.3 is 14.2 Å². The van der Waals surface area contributed by atoms with E-state index in [4.69, 9.17) is 37.4 Å². The lowest BCUT2D eigenvalue weighted by molar-refractivity contribution is -0.145. The number of nitrogens with zero attached hydrogens (tertiary/aromatic N) is 2. The highest BCUT2D eigenvalue weighted by Gasteiger charge is 2.34. The number of rotatable bonds is 8. The first kappa shape index (κ1) is 29.3. The summed E-state index contributed by atoms with van der Waals surface area (Å²) in [7, 11) is 0. The third-order valence-corrected chi connectivity index (χ3v) is 8.03. The van der Waals surface area contributed by atoms with E-state index in [2.05, 4.69) is 4.99 Å². The third-order valence-electron chi connectivity index (χ3n) is 5.68. The summed E-state index contributed by atoms with van der Waals surface area (Å²) >= 11 is 16.1. The molecule has 0 N–H and O–H groups in total. The number of hydrogen-bond donors (Lipinski definition) is 0. The minimum atomic E-state index is -0.838. The summed E-state index contributed by atoms with van der Waals surface area (Å²) in [4.78, 5) is 43.8. The number of carbonyl (C=O) groups is 2. The standard InChI is InChI=1S/C27H23Cl2IN2O6S/c1-4-36-21(33)13-38-24-15(10-16(28)12-19(24)30)11-20-25(34)32-23(17-8-6-7-9-18(17)29)22(26(35)37-5-2)14(3)31-27(32)39-20/h6-12,23H,4-5,13H2,1-3H3/b20-11-/t23-/m1/s1. The van der Waals surface area contributed by atoms with Crippen molar-refractivity contribution >= 4 is 75.1 Å². The van der Waals surface area contributed by atoms with Gasteiger partial charge in [-0.15, -0.1) is 0 Å². The number of allylic oxidation sites excluding steroid dienone is 1. The summed E-state index contributed by atoms with van der Waals surface area (Å²) in [5, 5.41) is 0.823. The zero-order chi connectivity index (χ0) is 28.3. The fourth-order valence-corrected chi connectivity index (χ4v) is 6.59. The number of hydrogen-bond acceptors (Lipinski definition) is 8. The average Bonchev–Trinajstić information content (AvgIpc) is 3.17. The molecular weight excluding hydrogens is 678 g/mol. The zero-order valence-corrected chi connectivity index (χ0v) is 25.6. The van der Waals surface area contributed by atoms with E-state index in [-0.39, 0.29) is 31.0 Å². The number of aromatic nitrogens is 1. The minimum absolute atomic E-state index is 0.164. The predicted octanol–water partition coefficient (Wildman–Crippen LogP) is 4.65. The van der Waals surface area contributed by atoms with E-state index < -0.39 is 18.0 Å². The lowest BCUT2D eigenvalue weighted by Crippen LogP contribution is -2.40. The van der Waals surface area contributed by atoms with Crippen molar-refractivity contribution < 1.29 is 23.8 Å². The maximum atomic E-state index is 13.9. The Balaban J connectivity index is 1.91. The van der Waals surface area contributed by atoms with Gasteiger partial charge in [0.05, 0.1) is 32.6 Å². The van der Waals surface area contributed by atoms with E-state index in [0.29, 0.717) is 45.5 Å². The fraction of sp³-hybridized carbons (Fsp3) is 0.259. The molecule has 3 aromatic rings. The van der Waals surface area contributed by atoms with Crippen LogP contribution in [0.25, 0.3) is 6.08 Å². The molecule has 39 heavy (non-hydrogen) atoms. The minimum Gasteiger partial charge on any atom is -0.480 e. The molecular formula is C27H23Cl2IN2O6S. The summed E-state index contributed by atoms with van der Waals surface area (Å²) < 4.78 is 18.5. The van der Waals surface area contributed by atoms with Crippen LogP contribution in [-0.4, -0.2) is 36.3 Å². The largest absolute Gasteiger partial charge is 0.480 e. The van der Waals surface area contributed by atoms with E-state index in [9.17, 15) is 14.4 Å². The summed E-state index contributed by atoms with van der Waals surface area (Å²) in [5.41, 5.74) is 1.35. The molecule has 1 atom stereocenters. The van der Waals surface area contributed by atoms with Crippen LogP contribution >= 0.6 is 57.1 Å². The molecule has 4 rings (SSSR count). The lowest BCUT2D eigenvalue weighted by Gasteiger charge is -2.25. The summed E-state index contributed by atoms with van der Waals surface area (Å²) in [6.45, 7) is 5.21. The third kappa shape index (κ3) is 6.24. The van der Waals surface area contributed by atoms with Gasteiger partial charge in [-0.1, -0.05) is 52.7 Å². The topological polar surface area (TPSA) is 96.2 Å². The number of thiazole rings is 1. The van der Waals surface area contributed by atoms with Gasteiger partial charge in [-0.2, -0.15) is 0 Å². The molecule has 0 unspecified atom stereocenters. The molecule has 0 radical (unpaired) electrons. The van der Waals surface area contributed by atoms with E-state index in [1.807, 2.05) is 22.6 Å². The van der Waals surface area contributed by atoms with Crippen molar-refractivity contribution in [2.24, 2.45) is 4.99 Å². The summed E-state index contributed by atoms with van der Waals surface area (Å²) in [5.74, 6) is -0.711. The molecule has 0 saturated heterocycles. The van der Waals surface area contributed by atoms with Gasteiger partial charge in [0.25, 0.3) is 5.56 Å². The molecule has 0 amide bonds. The molecule has 1 aliphatic heterocycles. The van der Waals surface area contributed by atoms with Crippen LogP contribution in [0, 0.1) is 3.57 Å². The van der Waals surface area contributed by atoms with Crippen molar-refractivity contribution in [3.63, 3.8) is 0 Å². The molecule has 1 aromatic heterocycles. The van der Waals surface area contributed by atoms with E-state index >= 15 is 0 Å². The van der Waals surface area contributed by atoms with Gasteiger partial charge in [0.1, 0.15) is 11.8 Å². The quantitative estimate of drug-likeness (QED) is 0.251. The Morgan fingerprint density at radius 1 is 1.15 bits per heavy atom. The molecule has 2 aromatic carbocycles. The maximum Gasteiger partial charge on any atom is 0.344 e. The first-order valence-corrected chi connectivity index (χ1v) is 14.5. The highest BCUT2D eigenvalue weighted by atomic mass is 127. The van der Waals surface area contributed by atoms with Gasteiger partial charge in [-0.05, 0) is 73.2 Å². The van der Waals surface area contributed by atoms with E-state index in [1.165, 1.54) is 4.57 Å². The fourth-order valence-electron chi connectivity index (χ4n) is 4.10. The lowest BCUT2D eigenvalue weighted by atomic mass is 9.96. The van der Waals surface area contributed by atoms with Crippen LogP contribution in [0.3, 0.4) is 0 Å². The van der Waals surface area contributed by atoms with Crippen LogP contribution in [-0.2, 0) is 19.1 Å². The molecule has 0 bridgehead atoms. The monoisotopic (exact) mass is 700 g/mol. The van der Waals surface area contributed by atoms with Crippen molar-refractivity contribution in [2.75, 3.05) is 19.8 Å². The second kappa shape index (κ2) is 12.7. The van der Waals surface area contributed by atoms with Crippen LogP contribution in [0.5, 0.6) is 5.75 Å². The summed E-state index contributed by atoms with van der Waals surface area (Å²) in [6, 6.07) is 9.52. The molecule has 0 spiro atoms. The van der Waals surface area contributed by atoms with Crippen LogP contribution in [0.4, 0.5) is 0 Å². The van der Waals surface area contributed by atoms with Gasteiger partial charge in [0, 0.05) is 15.6 Å². The SMILES string of the molecule is CCOC(=O)COc1c(I)cc(Cl)cc1/C=c1\sc2n(c1=O)[C@H](c1ccccc1Cl)C(C(=O)OCC)=C(C)N=2. The smallest absolute Gasteiger partial charge is 0.344 e. The summed E-state index contributed by atoms with van der Waals surface area (Å²) in [6.07, 6.45) is 1.63. The molecule has 0 fully saturated rings. The highest BCUT2D eigenvalue weighted by molar-refractivity contribution is 14.1. The van der Waals surface area contributed by atoms with Crippen molar-refractivity contribution in [1.82, 2.24) is 4.57 Å². The van der Waals surface area contributed by atoms with Gasteiger partial charge in [-0.25, -0.2) is 14.6 Å². The second-order valence-corrected chi connectivity index (χ2v) is 11.2. The Bertz CT molecular complexity index is 1660. The predicted molar refractivity (Wildman–Crippen MR) is 158 cm³/mol. The zero-order valence-electron chi connectivity index (χ0n) is 21.1. The Morgan fingerprint density at radius 3 is 2.56 bits per heavy atom. The van der Waals surface area contributed by atoms with Crippen LogP contribution in [0.2, 0.25) is 10.0 Å². The highest BCUT2D eigenvalue weighted by Crippen LogP contribution is 2.35. The molecule has 0 saturated carbocycles. The number of benzene rings is 2. The number of ether oxygens (including phenoxy) is 3. The van der Waals surface area contributed by atoms with Crippen molar-refractivity contribution in [2.45, 2.75) is 26.8 Å². The van der Waals surface area contributed by atoms with Crippen molar-refractivity contribution in [1.29, 1.82) is 0 Å². The Hall–Kier alpha value is -2.67. The van der Waals surface area contributed by atoms with Gasteiger partial charge in [-0.3, -0.25) is 9.36 Å². The van der Waals surface area contributed by atoms with Crippen molar-refractivity contribution in [3.8, 4) is 5.75 Å². The van der Waals surface area contributed by atoms with Crippen LogP contribution < -0.4 is 19.6 Å². The maximum absolute atomic E-state index is 13.9. The first-order valence-electron chi connectivity index (χ1n) is 11.9.